The van der Waals surface area contributed by atoms with Crippen molar-refractivity contribution in [2.24, 2.45) is 0 Å². The van der Waals surface area contributed by atoms with E-state index in [4.69, 9.17) is 20.9 Å². The van der Waals surface area contributed by atoms with Gasteiger partial charge in [0.25, 0.3) is 5.89 Å². The van der Waals surface area contributed by atoms with E-state index in [1.165, 1.54) is 0 Å². The summed E-state index contributed by atoms with van der Waals surface area (Å²) in [7, 11) is 0. The largest absolute Gasteiger partial charge is 0.449 e. The Labute approximate surface area is 109 Å². The minimum Gasteiger partial charge on any atom is -0.449 e. The van der Waals surface area contributed by atoms with Gasteiger partial charge in [-0.25, -0.2) is 4.79 Å². The topological polar surface area (TPSA) is 65.2 Å². The number of hydrogen-bond donors (Lipinski definition) is 0. The minimum atomic E-state index is -0.616. The number of aromatic nitrogens is 2. The molecule has 0 saturated carbocycles. The first-order chi connectivity index (χ1) is 8.58. The highest BCUT2D eigenvalue weighted by Crippen LogP contribution is 2.20. The fraction of sp³-hybridized carbons (Fsp3) is 0.250. The van der Waals surface area contributed by atoms with Gasteiger partial charge in [0.05, 0.1) is 10.6 Å². The molecule has 0 spiro atoms. The van der Waals surface area contributed by atoms with E-state index >= 15 is 0 Å². The molecule has 0 aliphatic carbocycles. The average molecular weight is 267 g/mol. The molecule has 0 aliphatic rings. The molecule has 0 saturated heterocycles. The molecule has 5 nitrogen and oxygen atoms in total. The predicted octanol–water partition coefficient (Wildman–Crippen LogP) is 2.95. The third kappa shape index (κ3) is 2.68. The van der Waals surface area contributed by atoms with E-state index in [1.807, 2.05) is 0 Å². The molecule has 2 aromatic rings. The van der Waals surface area contributed by atoms with Crippen LogP contribution >= 0.6 is 11.6 Å². The van der Waals surface area contributed by atoms with Gasteiger partial charge in [-0.1, -0.05) is 28.9 Å². The van der Waals surface area contributed by atoms with Crippen molar-refractivity contribution in [2.75, 3.05) is 0 Å². The third-order valence-electron chi connectivity index (χ3n) is 2.27. The molecule has 2 rings (SSSR count). The van der Waals surface area contributed by atoms with E-state index in [2.05, 4.69) is 10.1 Å². The first kappa shape index (κ1) is 12.6. The number of nitrogens with zero attached hydrogens (tertiary/aromatic N) is 2. The predicted molar refractivity (Wildman–Crippen MR) is 64.3 cm³/mol. The molecule has 6 heteroatoms. The van der Waals surface area contributed by atoms with E-state index in [0.717, 1.165) is 0 Å². The van der Waals surface area contributed by atoms with Crippen LogP contribution in [0.5, 0.6) is 0 Å². The Hall–Kier alpha value is -1.88. The van der Waals surface area contributed by atoms with E-state index < -0.39 is 12.1 Å². The molecule has 0 aliphatic heterocycles. The number of halogens is 1. The Morgan fingerprint density at radius 2 is 2.17 bits per heavy atom. The summed E-state index contributed by atoms with van der Waals surface area (Å²) in [6.07, 6.45) is -0.616. The summed E-state index contributed by atoms with van der Waals surface area (Å²) >= 11 is 5.90. The SMILES string of the molecule is Cc1noc(C(C)OC(=O)c2ccccc2Cl)n1. The summed E-state index contributed by atoms with van der Waals surface area (Å²) < 4.78 is 10.1. The van der Waals surface area contributed by atoms with Crippen LogP contribution in [0.25, 0.3) is 0 Å². The van der Waals surface area contributed by atoms with Crippen LogP contribution in [0.15, 0.2) is 28.8 Å². The molecule has 1 heterocycles. The van der Waals surface area contributed by atoms with Gasteiger partial charge in [-0.2, -0.15) is 4.98 Å². The van der Waals surface area contributed by atoms with Crippen molar-refractivity contribution < 1.29 is 14.1 Å². The Balaban J connectivity index is 2.10. The van der Waals surface area contributed by atoms with Gasteiger partial charge in [0, 0.05) is 0 Å². The molecule has 1 atom stereocenters. The van der Waals surface area contributed by atoms with E-state index in [1.54, 1.807) is 38.1 Å². The maximum Gasteiger partial charge on any atom is 0.340 e. The lowest BCUT2D eigenvalue weighted by molar-refractivity contribution is 0.0265. The zero-order valence-corrected chi connectivity index (χ0v) is 10.6. The molecule has 0 amide bonds. The first-order valence-electron chi connectivity index (χ1n) is 5.33. The maximum atomic E-state index is 11.9. The van der Waals surface area contributed by atoms with Gasteiger partial charge in [0.2, 0.25) is 0 Å². The molecular weight excluding hydrogens is 256 g/mol. The number of carbonyl (C=O) groups excluding carboxylic acids is 1. The summed E-state index contributed by atoms with van der Waals surface area (Å²) in [4.78, 5) is 15.9. The van der Waals surface area contributed by atoms with Gasteiger partial charge in [-0.3, -0.25) is 0 Å². The van der Waals surface area contributed by atoms with Crippen LogP contribution in [0.1, 0.15) is 35.1 Å². The van der Waals surface area contributed by atoms with Crippen molar-refractivity contribution in [1.82, 2.24) is 10.1 Å². The molecule has 0 N–H and O–H groups in total. The minimum absolute atomic E-state index is 0.257. The number of aryl methyl sites for hydroxylation is 1. The Morgan fingerprint density at radius 1 is 1.44 bits per heavy atom. The molecule has 1 aromatic carbocycles. The number of esters is 1. The number of ether oxygens (including phenoxy) is 1. The summed E-state index contributed by atoms with van der Waals surface area (Å²) in [6, 6.07) is 6.67. The normalized spacial score (nSPS) is 12.2. The first-order valence-corrected chi connectivity index (χ1v) is 5.71. The van der Waals surface area contributed by atoms with Crippen molar-refractivity contribution in [3.63, 3.8) is 0 Å². The van der Waals surface area contributed by atoms with Crippen LogP contribution in [-0.4, -0.2) is 16.1 Å². The molecule has 1 aromatic heterocycles. The number of rotatable bonds is 3. The lowest BCUT2D eigenvalue weighted by atomic mass is 10.2. The van der Waals surface area contributed by atoms with Crippen molar-refractivity contribution in [2.45, 2.75) is 20.0 Å². The molecule has 1 unspecified atom stereocenters. The van der Waals surface area contributed by atoms with E-state index in [0.29, 0.717) is 16.4 Å². The Kier molecular flexibility index (Phi) is 3.62. The lowest BCUT2D eigenvalue weighted by Gasteiger charge is -2.09. The van der Waals surface area contributed by atoms with Gasteiger partial charge < -0.3 is 9.26 Å². The molecule has 18 heavy (non-hydrogen) atoms. The van der Waals surface area contributed by atoms with Crippen LogP contribution in [0.2, 0.25) is 5.02 Å². The van der Waals surface area contributed by atoms with Gasteiger partial charge >= 0.3 is 5.97 Å². The third-order valence-corrected chi connectivity index (χ3v) is 2.60. The van der Waals surface area contributed by atoms with Gasteiger partial charge in [-0.05, 0) is 26.0 Å². The van der Waals surface area contributed by atoms with Crippen LogP contribution in [0.4, 0.5) is 0 Å². The Bertz CT molecular complexity index is 568. The van der Waals surface area contributed by atoms with Crippen molar-refractivity contribution >= 4 is 17.6 Å². The number of carbonyl (C=O) groups is 1. The summed E-state index contributed by atoms with van der Waals surface area (Å²) in [5, 5.41) is 3.98. The van der Waals surface area contributed by atoms with Crippen LogP contribution in [0, 0.1) is 6.92 Å². The number of hydrogen-bond acceptors (Lipinski definition) is 5. The lowest BCUT2D eigenvalue weighted by Crippen LogP contribution is -2.10. The highest BCUT2D eigenvalue weighted by molar-refractivity contribution is 6.33. The van der Waals surface area contributed by atoms with Crippen LogP contribution in [-0.2, 0) is 4.74 Å². The fourth-order valence-electron chi connectivity index (χ4n) is 1.38. The second-order valence-electron chi connectivity index (χ2n) is 3.71. The molecule has 0 radical (unpaired) electrons. The monoisotopic (exact) mass is 266 g/mol. The highest BCUT2D eigenvalue weighted by Gasteiger charge is 2.20. The van der Waals surface area contributed by atoms with Crippen molar-refractivity contribution in [1.29, 1.82) is 0 Å². The van der Waals surface area contributed by atoms with Crippen LogP contribution < -0.4 is 0 Å². The summed E-state index contributed by atoms with van der Waals surface area (Å²) in [6.45, 7) is 3.34. The van der Waals surface area contributed by atoms with Crippen molar-refractivity contribution in [3.8, 4) is 0 Å². The van der Waals surface area contributed by atoms with Gasteiger partial charge in [-0.15, -0.1) is 0 Å². The standard InChI is InChI=1S/C12H11ClN2O3/c1-7(11-14-8(2)15-18-11)17-12(16)9-5-3-4-6-10(9)13/h3-7H,1-2H3. The van der Waals surface area contributed by atoms with E-state index in [9.17, 15) is 4.79 Å². The van der Waals surface area contributed by atoms with Crippen molar-refractivity contribution in [3.05, 3.63) is 46.6 Å². The highest BCUT2D eigenvalue weighted by atomic mass is 35.5. The van der Waals surface area contributed by atoms with Gasteiger partial charge in [0.15, 0.2) is 11.9 Å². The molecule has 94 valence electrons. The second kappa shape index (κ2) is 5.18. The zero-order valence-electron chi connectivity index (χ0n) is 9.88. The zero-order chi connectivity index (χ0) is 13.1. The number of benzene rings is 1. The summed E-state index contributed by atoms with van der Waals surface area (Å²) in [5.74, 6) is 0.225. The van der Waals surface area contributed by atoms with Gasteiger partial charge in [0.1, 0.15) is 0 Å². The summed E-state index contributed by atoms with van der Waals surface area (Å²) in [5.41, 5.74) is 0.308. The average Bonchev–Trinajstić information content (AvgIpc) is 2.76. The second-order valence-corrected chi connectivity index (χ2v) is 4.11. The molecule has 0 bridgehead atoms. The quantitative estimate of drug-likeness (QED) is 0.799. The molecular formula is C12H11ClN2O3. The molecule has 0 fully saturated rings. The fourth-order valence-corrected chi connectivity index (χ4v) is 1.59. The van der Waals surface area contributed by atoms with E-state index in [-0.39, 0.29) is 5.89 Å². The smallest absolute Gasteiger partial charge is 0.340 e. The van der Waals surface area contributed by atoms with Crippen LogP contribution in [0.3, 0.4) is 0 Å². The Morgan fingerprint density at radius 3 is 2.78 bits per heavy atom. The maximum absolute atomic E-state index is 11.9.